The van der Waals surface area contributed by atoms with Crippen LogP contribution in [0.25, 0.3) is 0 Å². The zero-order valence-corrected chi connectivity index (χ0v) is 10.3. The summed E-state index contributed by atoms with van der Waals surface area (Å²) in [5.74, 6) is -4.43. The SMILES string of the molecule is CC1(c2c(F)cccc2F)NC(=O)N(CC(=O)O)C1=O. The molecule has 1 heterocycles. The number of carboxylic acid groups (broad SMARTS) is 1. The summed E-state index contributed by atoms with van der Waals surface area (Å²) in [6, 6.07) is 2.00. The van der Waals surface area contributed by atoms with Crippen molar-refractivity contribution in [1.82, 2.24) is 10.2 Å². The van der Waals surface area contributed by atoms with Gasteiger partial charge in [0, 0.05) is 0 Å². The van der Waals surface area contributed by atoms with Crippen LogP contribution in [0.1, 0.15) is 12.5 Å². The maximum Gasteiger partial charge on any atom is 0.325 e. The van der Waals surface area contributed by atoms with Crippen LogP contribution in [0.15, 0.2) is 18.2 Å². The summed E-state index contributed by atoms with van der Waals surface area (Å²) < 4.78 is 27.5. The molecule has 1 atom stereocenters. The first kappa shape index (κ1) is 13.9. The van der Waals surface area contributed by atoms with E-state index in [4.69, 9.17) is 5.11 Å². The zero-order chi connectivity index (χ0) is 15.1. The molecule has 2 N–H and O–H groups in total. The molecule has 1 unspecified atom stereocenters. The van der Waals surface area contributed by atoms with E-state index in [0.717, 1.165) is 25.1 Å². The molecule has 1 aliphatic heterocycles. The largest absolute Gasteiger partial charge is 0.480 e. The van der Waals surface area contributed by atoms with E-state index >= 15 is 0 Å². The van der Waals surface area contributed by atoms with Crippen molar-refractivity contribution in [2.24, 2.45) is 0 Å². The quantitative estimate of drug-likeness (QED) is 0.804. The second-order valence-corrected chi connectivity index (χ2v) is 4.44. The Morgan fingerprint density at radius 3 is 2.40 bits per heavy atom. The molecule has 0 saturated carbocycles. The van der Waals surface area contributed by atoms with Gasteiger partial charge in [0.05, 0.1) is 5.56 Å². The molecule has 0 aromatic heterocycles. The standard InChI is InChI=1S/C12H10F2N2O4/c1-12(9-6(13)3-2-4-7(9)14)10(19)16(5-8(17)18)11(20)15-12/h2-4H,5H2,1H3,(H,15,20)(H,17,18). The van der Waals surface area contributed by atoms with E-state index in [-0.39, 0.29) is 0 Å². The molecule has 3 amide bonds. The van der Waals surface area contributed by atoms with Gasteiger partial charge in [0.15, 0.2) is 0 Å². The first-order valence-corrected chi connectivity index (χ1v) is 5.57. The van der Waals surface area contributed by atoms with Crippen LogP contribution in [0.5, 0.6) is 0 Å². The second-order valence-electron chi connectivity index (χ2n) is 4.44. The minimum Gasteiger partial charge on any atom is -0.480 e. The van der Waals surface area contributed by atoms with Crippen LogP contribution in [0.4, 0.5) is 13.6 Å². The molecule has 20 heavy (non-hydrogen) atoms. The number of halogens is 2. The van der Waals surface area contributed by atoms with Crippen LogP contribution >= 0.6 is 0 Å². The fraction of sp³-hybridized carbons (Fsp3) is 0.250. The van der Waals surface area contributed by atoms with Crippen molar-refractivity contribution in [3.63, 3.8) is 0 Å². The lowest BCUT2D eigenvalue weighted by Crippen LogP contribution is -2.43. The van der Waals surface area contributed by atoms with Gasteiger partial charge in [-0.2, -0.15) is 0 Å². The second kappa shape index (κ2) is 4.55. The highest BCUT2D eigenvalue weighted by atomic mass is 19.1. The predicted octanol–water partition coefficient (Wildman–Crippen LogP) is 0.816. The summed E-state index contributed by atoms with van der Waals surface area (Å²) in [7, 11) is 0. The Balaban J connectivity index is 2.49. The average Bonchev–Trinajstić information content (AvgIpc) is 2.53. The molecule has 1 aromatic carbocycles. The normalized spacial score (nSPS) is 22.1. The summed E-state index contributed by atoms with van der Waals surface area (Å²) in [6.07, 6.45) is 0. The number of nitrogens with one attached hydrogen (secondary N) is 1. The minimum absolute atomic E-state index is 0.397. The van der Waals surface area contributed by atoms with E-state index < -0.39 is 47.2 Å². The molecule has 0 aliphatic carbocycles. The van der Waals surface area contributed by atoms with Gasteiger partial charge in [0.1, 0.15) is 23.7 Å². The topological polar surface area (TPSA) is 86.7 Å². The third-order valence-electron chi connectivity index (χ3n) is 3.03. The van der Waals surface area contributed by atoms with Crippen molar-refractivity contribution in [1.29, 1.82) is 0 Å². The van der Waals surface area contributed by atoms with Gasteiger partial charge in [-0.25, -0.2) is 13.6 Å². The van der Waals surface area contributed by atoms with Crippen LogP contribution in [0.2, 0.25) is 0 Å². The van der Waals surface area contributed by atoms with E-state index in [1.54, 1.807) is 0 Å². The van der Waals surface area contributed by atoms with Gasteiger partial charge >= 0.3 is 12.0 Å². The number of amides is 3. The predicted molar refractivity (Wildman–Crippen MR) is 61.6 cm³/mol. The lowest BCUT2D eigenvalue weighted by molar-refractivity contribution is -0.142. The van der Waals surface area contributed by atoms with Crippen LogP contribution in [-0.4, -0.2) is 34.5 Å². The lowest BCUT2D eigenvalue weighted by atomic mass is 9.91. The molecule has 0 spiro atoms. The van der Waals surface area contributed by atoms with Crippen LogP contribution in [0.3, 0.4) is 0 Å². The smallest absolute Gasteiger partial charge is 0.325 e. The Morgan fingerprint density at radius 2 is 1.90 bits per heavy atom. The Hall–Kier alpha value is -2.51. The van der Waals surface area contributed by atoms with Crippen LogP contribution in [0, 0.1) is 11.6 Å². The van der Waals surface area contributed by atoms with Crippen molar-refractivity contribution in [3.8, 4) is 0 Å². The molecule has 1 aliphatic rings. The van der Waals surface area contributed by atoms with Crippen molar-refractivity contribution >= 4 is 17.9 Å². The molecule has 1 aromatic rings. The number of benzene rings is 1. The van der Waals surface area contributed by atoms with Gasteiger partial charge in [-0.3, -0.25) is 14.5 Å². The number of rotatable bonds is 3. The Labute approximate surface area is 112 Å². The van der Waals surface area contributed by atoms with E-state index in [2.05, 4.69) is 5.32 Å². The molecule has 0 bridgehead atoms. The molecular weight excluding hydrogens is 274 g/mol. The van der Waals surface area contributed by atoms with Gasteiger partial charge in [-0.1, -0.05) is 6.07 Å². The van der Waals surface area contributed by atoms with Gasteiger partial charge in [0.2, 0.25) is 0 Å². The number of hydrogen-bond acceptors (Lipinski definition) is 3. The van der Waals surface area contributed by atoms with Crippen molar-refractivity contribution in [2.45, 2.75) is 12.5 Å². The summed E-state index contributed by atoms with van der Waals surface area (Å²) in [4.78, 5) is 34.7. The van der Waals surface area contributed by atoms with Gasteiger partial charge in [-0.05, 0) is 19.1 Å². The van der Waals surface area contributed by atoms with E-state index in [0.29, 0.717) is 4.90 Å². The third-order valence-corrected chi connectivity index (χ3v) is 3.03. The van der Waals surface area contributed by atoms with Crippen molar-refractivity contribution < 1.29 is 28.3 Å². The Morgan fingerprint density at radius 1 is 1.35 bits per heavy atom. The monoisotopic (exact) mass is 284 g/mol. The minimum atomic E-state index is -1.97. The lowest BCUT2D eigenvalue weighted by Gasteiger charge is -2.22. The molecule has 2 rings (SSSR count). The number of nitrogens with zero attached hydrogens (tertiary/aromatic N) is 1. The Kier molecular flexibility index (Phi) is 3.16. The number of carbonyl (C=O) groups is 3. The number of carbonyl (C=O) groups excluding carboxylic acids is 2. The highest BCUT2D eigenvalue weighted by Gasteiger charge is 2.52. The third kappa shape index (κ3) is 1.98. The van der Waals surface area contributed by atoms with Crippen molar-refractivity contribution in [2.75, 3.05) is 6.54 Å². The number of carboxylic acids is 1. The Bertz CT molecular complexity index is 599. The number of aliphatic carboxylic acids is 1. The van der Waals surface area contributed by atoms with Gasteiger partial charge in [-0.15, -0.1) is 0 Å². The average molecular weight is 284 g/mol. The molecule has 8 heteroatoms. The highest BCUT2D eigenvalue weighted by Crippen LogP contribution is 2.32. The maximum absolute atomic E-state index is 13.8. The molecule has 1 fully saturated rings. The van der Waals surface area contributed by atoms with Gasteiger partial charge < -0.3 is 10.4 Å². The fourth-order valence-corrected chi connectivity index (χ4v) is 2.12. The number of urea groups is 1. The van der Waals surface area contributed by atoms with Crippen molar-refractivity contribution in [3.05, 3.63) is 35.4 Å². The molecule has 1 saturated heterocycles. The zero-order valence-electron chi connectivity index (χ0n) is 10.3. The van der Waals surface area contributed by atoms with E-state index in [1.165, 1.54) is 0 Å². The van der Waals surface area contributed by atoms with E-state index in [1.807, 2.05) is 0 Å². The summed E-state index contributed by atoms with van der Waals surface area (Å²) in [5.41, 5.74) is -2.59. The first-order chi connectivity index (χ1) is 9.27. The maximum atomic E-state index is 13.8. The van der Waals surface area contributed by atoms with Gasteiger partial charge in [0.25, 0.3) is 5.91 Å². The summed E-state index contributed by atoms with van der Waals surface area (Å²) >= 11 is 0. The molecule has 106 valence electrons. The number of imide groups is 1. The molecule has 6 nitrogen and oxygen atoms in total. The molecular formula is C12H10F2N2O4. The summed E-state index contributed by atoms with van der Waals surface area (Å²) in [5, 5.41) is 10.8. The number of hydrogen-bond donors (Lipinski definition) is 2. The molecule has 0 radical (unpaired) electrons. The van der Waals surface area contributed by atoms with Crippen LogP contribution < -0.4 is 5.32 Å². The fourth-order valence-electron chi connectivity index (χ4n) is 2.12. The summed E-state index contributed by atoms with van der Waals surface area (Å²) in [6.45, 7) is 0.243. The highest BCUT2D eigenvalue weighted by molar-refractivity contribution is 6.08. The van der Waals surface area contributed by atoms with Crippen LogP contribution in [-0.2, 0) is 15.1 Å². The first-order valence-electron chi connectivity index (χ1n) is 5.57. The van der Waals surface area contributed by atoms with E-state index in [9.17, 15) is 23.2 Å².